The molecule has 1 atom stereocenters. The maximum atomic E-state index is 8.80. The average Bonchev–Trinajstić information content (AvgIpc) is 2.70. The van der Waals surface area contributed by atoms with Gasteiger partial charge in [0, 0.05) is 18.9 Å². The van der Waals surface area contributed by atoms with Gasteiger partial charge in [0.2, 0.25) is 0 Å². The summed E-state index contributed by atoms with van der Waals surface area (Å²) in [6.45, 7) is 1.30. The maximum absolute atomic E-state index is 8.80. The van der Waals surface area contributed by atoms with Crippen LogP contribution in [0.3, 0.4) is 0 Å². The van der Waals surface area contributed by atoms with Crippen LogP contribution in [0.4, 0.5) is 0 Å². The molecule has 90 valence electrons. The Hall–Kier alpha value is -0.870. The Kier molecular flexibility index (Phi) is 3.96. The van der Waals surface area contributed by atoms with E-state index in [-0.39, 0.29) is 6.61 Å². The van der Waals surface area contributed by atoms with Gasteiger partial charge in [0.1, 0.15) is 5.76 Å². The van der Waals surface area contributed by atoms with Gasteiger partial charge in [-0.2, -0.15) is 0 Å². The SMILES string of the molecule is CN1CCCCC1Cc1ncc(CCO)o1. The summed E-state index contributed by atoms with van der Waals surface area (Å²) in [4.78, 5) is 6.65. The highest BCUT2D eigenvalue weighted by Gasteiger charge is 2.21. The Morgan fingerprint density at radius 1 is 1.56 bits per heavy atom. The number of rotatable bonds is 4. The molecule has 2 rings (SSSR count). The summed E-state index contributed by atoms with van der Waals surface area (Å²) in [5.74, 6) is 1.60. The van der Waals surface area contributed by atoms with Gasteiger partial charge in [-0.05, 0) is 26.4 Å². The lowest BCUT2D eigenvalue weighted by molar-refractivity contribution is 0.176. The zero-order valence-corrected chi connectivity index (χ0v) is 9.85. The number of aliphatic hydroxyl groups is 1. The summed E-state index contributed by atoms with van der Waals surface area (Å²) in [5.41, 5.74) is 0. The van der Waals surface area contributed by atoms with E-state index in [9.17, 15) is 0 Å². The predicted octanol–water partition coefficient (Wildman–Crippen LogP) is 1.24. The van der Waals surface area contributed by atoms with Crippen molar-refractivity contribution >= 4 is 0 Å². The van der Waals surface area contributed by atoms with E-state index in [0.29, 0.717) is 12.5 Å². The Labute approximate surface area is 96.3 Å². The number of aliphatic hydroxyl groups excluding tert-OH is 1. The topological polar surface area (TPSA) is 49.5 Å². The summed E-state index contributed by atoms with van der Waals surface area (Å²) in [5, 5.41) is 8.80. The Morgan fingerprint density at radius 3 is 3.19 bits per heavy atom. The predicted molar refractivity (Wildman–Crippen MR) is 61.3 cm³/mol. The highest BCUT2D eigenvalue weighted by molar-refractivity contribution is 4.96. The molecule has 4 nitrogen and oxygen atoms in total. The van der Waals surface area contributed by atoms with Gasteiger partial charge in [0.15, 0.2) is 5.89 Å². The lowest BCUT2D eigenvalue weighted by Crippen LogP contribution is -2.37. The van der Waals surface area contributed by atoms with E-state index in [1.165, 1.54) is 25.8 Å². The molecule has 0 spiro atoms. The normalized spacial score (nSPS) is 22.5. The van der Waals surface area contributed by atoms with Crippen molar-refractivity contribution in [1.29, 1.82) is 0 Å². The van der Waals surface area contributed by atoms with Crippen molar-refractivity contribution in [1.82, 2.24) is 9.88 Å². The highest BCUT2D eigenvalue weighted by atomic mass is 16.4. The van der Waals surface area contributed by atoms with E-state index in [1.54, 1.807) is 6.20 Å². The van der Waals surface area contributed by atoms with Gasteiger partial charge >= 0.3 is 0 Å². The van der Waals surface area contributed by atoms with Gasteiger partial charge in [-0.1, -0.05) is 6.42 Å². The molecule has 1 unspecified atom stereocenters. The van der Waals surface area contributed by atoms with Crippen LogP contribution in [0.1, 0.15) is 30.9 Å². The van der Waals surface area contributed by atoms with Crippen LogP contribution in [0.15, 0.2) is 10.6 Å². The lowest BCUT2D eigenvalue weighted by Gasteiger charge is -2.31. The van der Waals surface area contributed by atoms with E-state index in [2.05, 4.69) is 16.9 Å². The van der Waals surface area contributed by atoms with Crippen molar-refractivity contribution < 1.29 is 9.52 Å². The van der Waals surface area contributed by atoms with Crippen molar-refractivity contribution in [2.24, 2.45) is 0 Å². The van der Waals surface area contributed by atoms with Crippen LogP contribution in [0.5, 0.6) is 0 Å². The summed E-state index contributed by atoms with van der Waals surface area (Å²) in [6, 6.07) is 0.564. The van der Waals surface area contributed by atoms with Crippen LogP contribution in [0.25, 0.3) is 0 Å². The molecule has 1 N–H and O–H groups in total. The second-order valence-electron chi connectivity index (χ2n) is 4.53. The third kappa shape index (κ3) is 2.83. The molecule has 1 aliphatic heterocycles. The number of likely N-dealkylation sites (N-methyl/N-ethyl adjacent to an activating group) is 1. The third-order valence-corrected chi connectivity index (χ3v) is 3.29. The van der Waals surface area contributed by atoms with Gasteiger partial charge in [0.05, 0.1) is 12.8 Å². The zero-order valence-electron chi connectivity index (χ0n) is 9.85. The zero-order chi connectivity index (χ0) is 11.4. The van der Waals surface area contributed by atoms with E-state index in [0.717, 1.165) is 18.1 Å². The number of hydrogen-bond donors (Lipinski definition) is 1. The molecule has 0 amide bonds. The van der Waals surface area contributed by atoms with Gasteiger partial charge in [-0.25, -0.2) is 4.98 Å². The second-order valence-corrected chi connectivity index (χ2v) is 4.53. The molecule has 1 aliphatic rings. The van der Waals surface area contributed by atoms with Crippen LogP contribution >= 0.6 is 0 Å². The summed E-state index contributed by atoms with van der Waals surface area (Å²) >= 11 is 0. The fraction of sp³-hybridized carbons (Fsp3) is 0.750. The first-order valence-corrected chi connectivity index (χ1v) is 6.04. The number of piperidine rings is 1. The van der Waals surface area contributed by atoms with Crippen molar-refractivity contribution in [3.05, 3.63) is 17.8 Å². The summed E-state index contributed by atoms with van der Waals surface area (Å²) in [6.07, 6.45) is 7.02. The first kappa shape index (κ1) is 11.6. The van der Waals surface area contributed by atoms with Gasteiger partial charge in [-0.3, -0.25) is 0 Å². The number of hydrogen-bond acceptors (Lipinski definition) is 4. The molecule has 1 fully saturated rings. The molecule has 1 aromatic rings. The first-order chi connectivity index (χ1) is 7.79. The van der Waals surface area contributed by atoms with Crippen molar-refractivity contribution in [2.45, 2.75) is 38.1 Å². The van der Waals surface area contributed by atoms with E-state index < -0.39 is 0 Å². The maximum Gasteiger partial charge on any atom is 0.195 e. The first-order valence-electron chi connectivity index (χ1n) is 6.04. The molecule has 4 heteroatoms. The average molecular weight is 224 g/mol. The van der Waals surface area contributed by atoms with Crippen molar-refractivity contribution in [2.75, 3.05) is 20.2 Å². The largest absolute Gasteiger partial charge is 0.446 e. The van der Waals surface area contributed by atoms with Crippen molar-refractivity contribution in [3.8, 4) is 0 Å². The van der Waals surface area contributed by atoms with Crippen LogP contribution < -0.4 is 0 Å². The van der Waals surface area contributed by atoms with Crippen LogP contribution in [-0.4, -0.2) is 41.2 Å². The van der Waals surface area contributed by atoms with Crippen LogP contribution in [0, 0.1) is 0 Å². The molecule has 1 saturated heterocycles. The molecule has 16 heavy (non-hydrogen) atoms. The van der Waals surface area contributed by atoms with Crippen LogP contribution in [0.2, 0.25) is 0 Å². The molecule has 0 bridgehead atoms. The summed E-state index contributed by atoms with van der Waals surface area (Å²) < 4.78 is 5.58. The third-order valence-electron chi connectivity index (χ3n) is 3.29. The van der Waals surface area contributed by atoms with Gasteiger partial charge in [0.25, 0.3) is 0 Å². The van der Waals surface area contributed by atoms with Gasteiger partial charge in [-0.15, -0.1) is 0 Å². The minimum absolute atomic E-state index is 0.123. The smallest absolute Gasteiger partial charge is 0.195 e. The fourth-order valence-electron chi connectivity index (χ4n) is 2.27. The number of likely N-dealkylation sites (tertiary alicyclic amines) is 1. The van der Waals surface area contributed by atoms with Crippen molar-refractivity contribution in [3.63, 3.8) is 0 Å². The van der Waals surface area contributed by atoms with Gasteiger partial charge < -0.3 is 14.4 Å². The molecule has 0 aromatic carbocycles. The number of aromatic nitrogens is 1. The fourth-order valence-corrected chi connectivity index (χ4v) is 2.27. The molecular formula is C12H20N2O2. The molecule has 1 aromatic heterocycles. The van der Waals surface area contributed by atoms with E-state index in [4.69, 9.17) is 9.52 Å². The number of nitrogens with zero attached hydrogens (tertiary/aromatic N) is 2. The van der Waals surface area contributed by atoms with E-state index >= 15 is 0 Å². The highest BCUT2D eigenvalue weighted by Crippen LogP contribution is 2.19. The van der Waals surface area contributed by atoms with E-state index in [1.807, 2.05) is 0 Å². The lowest BCUT2D eigenvalue weighted by atomic mass is 10.0. The standard InChI is InChI=1S/C12H20N2O2/c1-14-6-3-2-4-10(14)8-12-13-9-11(16-12)5-7-15/h9-10,15H,2-8H2,1H3. The Morgan fingerprint density at radius 2 is 2.44 bits per heavy atom. The molecule has 2 heterocycles. The Balaban J connectivity index is 1.91. The Bertz CT molecular complexity index is 325. The number of oxazole rings is 1. The minimum atomic E-state index is 0.123. The van der Waals surface area contributed by atoms with Crippen LogP contribution in [-0.2, 0) is 12.8 Å². The minimum Gasteiger partial charge on any atom is -0.446 e. The monoisotopic (exact) mass is 224 g/mol. The second kappa shape index (κ2) is 5.46. The molecular weight excluding hydrogens is 204 g/mol. The summed E-state index contributed by atoms with van der Waals surface area (Å²) in [7, 11) is 2.17. The molecule has 0 radical (unpaired) electrons. The molecule has 0 aliphatic carbocycles. The molecule has 0 saturated carbocycles. The quantitative estimate of drug-likeness (QED) is 0.836.